The van der Waals surface area contributed by atoms with Crippen molar-refractivity contribution in [3.63, 3.8) is 0 Å². The van der Waals surface area contributed by atoms with Gasteiger partial charge < -0.3 is 10.4 Å². The summed E-state index contributed by atoms with van der Waals surface area (Å²) in [7, 11) is 0. The highest BCUT2D eigenvalue weighted by molar-refractivity contribution is 5.95. The number of carbonyl (C=O) groups is 2. The minimum atomic E-state index is -1.19. The molecule has 2 N–H and O–H groups in total. The number of nitriles is 1. The van der Waals surface area contributed by atoms with E-state index in [-0.39, 0.29) is 5.91 Å². The van der Waals surface area contributed by atoms with E-state index in [4.69, 9.17) is 5.26 Å². The lowest BCUT2D eigenvalue weighted by atomic mass is 9.80. The molecule has 122 valence electrons. The minimum absolute atomic E-state index is 0.371. The monoisotopic (exact) mass is 322 g/mol. The third kappa shape index (κ3) is 3.61. The van der Waals surface area contributed by atoms with Crippen LogP contribution < -0.4 is 5.32 Å². The van der Waals surface area contributed by atoms with Gasteiger partial charge in [0.15, 0.2) is 0 Å². The molecule has 0 aliphatic rings. The van der Waals surface area contributed by atoms with E-state index in [1.54, 1.807) is 62.4 Å². The van der Waals surface area contributed by atoms with Gasteiger partial charge in [-0.2, -0.15) is 5.26 Å². The van der Waals surface area contributed by atoms with Gasteiger partial charge in [0.25, 0.3) is 5.91 Å². The fraction of sp³-hybridized carbons (Fsp3) is 0.211. The molecule has 0 aromatic heterocycles. The number of carbonyl (C=O) groups excluding carboxylic acids is 1. The third-order valence-corrected chi connectivity index (χ3v) is 3.96. The molecule has 1 atom stereocenters. The van der Waals surface area contributed by atoms with Gasteiger partial charge in [0.2, 0.25) is 0 Å². The van der Waals surface area contributed by atoms with E-state index in [1.807, 2.05) is 12.1 Å². The van der Waals surface area contributed by atoms with Crippen molar-refractivity contribution in [1.29, 1.82) is 5.26 Å². The van der Waals surface area contributed by atoms with Crippen LogP contribution in [0.3, 0.4) is 0 Å². The van der Waals surface area contributed by atoms with Crippen LogP contribution in [0.2, 0.25) is 0 Å². The van der Waals surface area contributed by atoms with Gasteiger partial charge in [0.05, 0.1) is 23.1 Å². The van der Waals surface area contributed by atoms with Crippen molar-refractivity contribution in [2.75, 3.05) is 0 Å². The summed E-state index contributed by atoms with van der Waals surface area (Å²) in [5, 5.41) is 21.2. The zero-order valence-electron chi connectivity index (χ0n) is 13.5. The molecular weight excluding hydrogens is 304 g/mol. The summed E-state index contributed by atoms with van der Waals surface area (Å²) in [6.45, 7) is 3.15. The summed E-state index contributed by atoms with van der Waals surface area (Å²) in [4.78, 5) is 24.2. The first-order chi connectivity index (χ1) is 11.4. The van der Waals surface area contributed by atoms with Gasteiger partial charge in [-0.1, -0.05) is 30.3 Å². The Morgan fingerprint density at radius 1 is 1.08 bits per heavy atom. The molecule has 1 amide bonds. The second-order valence-electron chi connectivity index (χ2n) is 6.03. The van der Waals surface area contributed by atoms with Crippen molar-refractivity contribution in [3.05, 3.63) is 71.3 Å². The zero-order valence-corrected chi connectivity index (χ0v) is 13.5. The predicted octanol–water partition coefficient (Wildman–Crippen LogP) is 3.14. The molecule has 2 rings (SSSR count). The lowest BCUT2D eigenvalue weighted by Crippen LogP contribution is -2.42. The fourth-order valence-electron chi connectivity index (χ4n) is 2.36. The van der Waals surface area contributed by atoms with E-state index < -0.39 is 17.4 Å². The Kier molecular flexibility index (Phi) is 5.00. The van der Waals surface area contributed by atoms with Crippen LogP contribution in [0, 0.1) is 16.7 Å². The average molecular weight is 322 g/mol. The Balaban J connectivity index is 2.33. The number of benzene rings is 2. The normalized spacial score (nSPS) is 12.0. The highest BCUT2D eigenvalue weighted by Crippen LogP contribution is 2.34. The number of carboxylic acid groups (broad SMARTS) is 1. The maximum Gasteiger partial charge on any atom is 0.311 e. The molecule has 0 saturated carbocycles. The van der Waals surface area contributed by atoms with Crippen LogP contribution in [0.5, 0.6) is 0 Å². The van der Waals surface area contributed by atoms with Gasteiger partial charge in [-0.05, 0) is 43.7 Å². The number of aliphatic carboxylic acids is 1. The molecule has 2 aromatic carbocycles. The smallest absolute Gasteiger partial charge is 0.311 e. The number of hydrogen-bond donors (Lipinski definition) is 2. The summed E-state index contributed by atoms with van der Waals surface area (Å²) in [6.07, 6.45) is 0. The average Bonchev–Trinajstić information content (AvgIpc) is 2.60. The molecule has 0 heterocycles. The zero-order chi connectivity index (χ0) is 17.7. The van der Waals surface area contributed by atoms with E-state index in [9.17, 15) is 14.7 Å². The van der Waals surface area contributed by atoms with Crippen LogP contribution in [-0.4, -0.2) is 17.0 Å². The maximum atomic E-state index is 12.5. The molecule has 0 aliphatic carbocycles. The van der Waals surface area contributed by atoms with Crippen LogP contribution in [0.1, 0.15) is 41.4 Å². The number of amides is 1. The van der Waals surface area contributed by atoms with Gasteiger partial charge >= 0.3 is 5.97 Å². The van der Waals surface area contributed by atoms with E-state index in [1.165, 1.54) is 0 Å². The molecule has 0 aliphatic heterocycles. The van der Waals surface area contributed by atoms with E-state index in [0.717, 1.165) is 0 Å². The van der Waals surface area contributed by atoms with Gasteiger partial charge in [-0.25, -0.2) is 0 Å². The van der Waals surface area contributed by atoms with Crippen molar-refractivity contribution < 1.29 is 14.7 Å². The third-order valence-electron chi connectivity index (χ3n) is 3.96. The van der Waals surface area contributed by atoms with Gasteiger partial charge in [0.1, 0.15) is 0 Å². The molecule has 0 radical (unpaired) electrons. The Bertz CT molecular complexity index is 775. The van der Waals surface area contributed by atoms with E-state index in [0.29, 0.717) is 16.7 Å². The van der Waals surface area contributed by atoms with Crippen LogP contribution in [0.15, 0.2) is 54.6 Å². The van der Waals surface area contributed by atoms with Crippen molar-refractivity contribution in [2.24, 2.45) is 5.41 Å². The molecule has 2 aromatic rings. The van der Waals surface area contributed by atoms with Crippen LogP contribution in [0.25, 0.3) is 0 Å². The number of nitrogens with zero attached hydrogens (tertiary/aromatic N) is 1. The summed E-state index contributed by atoms with van der Waals surface area (Å²) >= 11 is 0. The van der Waals surface area contributed by atoms with Crippen molar-refractivity contribution >= 4 is 11.9 Å². The molecule has 0 saturated heterocycles. The predicted molar refractivity (Wildman–Crippen MR) is 89.2 cm³/mol. The first kappa shape index (κ1) is 17.2. The lowest BCUT2D eigenvalue weighted by molar-refractivity contribution is -0.148. The first-order valence-electron chi connectivity index (χ1n) is 7.45. The van der Waals surface area contributed by atoms with Crippen molar-refractivity contribution in [1.82, 2.24) is 5.32 Å². The van der Waals surface area contributed by atoms with Crippen LogP contribution >= 0.6 is 0 Å². The van der Waals surface area contributed by atoms with Gasteiger partial charge in [0, 0.05) is 5.56 Å². The Labute approximate surface area is 140 Å². The fourth-order valence-corrected chi connectivity index (χ4v) is 2.36. The summed E-state index contributed by atoms with van der Waals surface area (Å²) < 4.78 is 0. The highest BCUT2D eigenvalue weighted by Gasteiger charge is 2.39. The van der Waals surface area contributed by atoms with Crippen LogP contribution in [-0.2, 0) is 4.79 Å². The Hall–Kier alpha value is -3.13. The quantitative estimate of drug-likeness (QED) is 0.885. The molecule has 5 nitrogen and oxygen atoms in total. The molecular formula is C19H18N2O3. The molecule has 5 heteroatoms. The number of nitrogens with one attached hydrogen (secondary N) is 1. The van der Waals surface area contributed by atoms with E-state index >= 15 is 0 Å². The lowest BCUT2D eigenvalue weighted by Gasteiger charge is -2.31. The molecule has 0 fully saturated rings. The number of carboxylic acids is 1. The number of hydrogen-bond acceptors (Lipinski definition) is 3. The Morgan fingerprint density at radius 3 is 2.17 bits per heavy atom. The largest absolute Gasteiger partial charge is 0.481 e. The van der Waals surface area contributed by atoms with Gasteiger partial charge in [-0.3, -0.25) is 9.59 Å². The summed E-state index contributed by atoms with van der Waals surface area (Å²) in [5.74, 6) is -1.39. The highest BCUT2D eigenvalue weighted by atomic mass is 16.4. The SMILES string of the molecule is CC(C)(C(=O)O)C(NC(=O)c1ccc(C#N)cc1)c1ccccc1. The number of rotatable bonds is 5. The molecule has 1 unspecified atom stereocenters. The molecule has 0 spiro atoms. The minimum Gasteiger partial charge on any atom is -0.481 e. The van der Waals surface area contributed by atoms with Gasteiger partial charge in [-0.15, -0.1) is 0 Å². The molecule has 0 bridgehead atoms. The van der Waals surface area contributed by atoms with Crippen LogP contribution in [0.4, 0.5) is 0 Å². The first-order valence-corrected chi connectivity index (χ1v) is 7.45. The second kappa shape index (κ2) is 6.97. The Morgan fingerprint density at radius 2 is 1.67 bits per heavy atom. The second-order valence-corrected chi connectivity index (χ2v) is 6.03. The summed E-state index contributed by atoms with van der Waals surface area (Å²) in [5.41, 5.74) is 0.351. The molecule has 24 heavy (non-hydrogen) atoms. The van der Waals surface area contributed by atoms with Crippen molar-refractivity contribution in [2.45, 2.75) is 19.9 Å². The van der Waals surface area contributed by atoms with Crippen molar-refractivity contribution in [3.8, 4) is 6.07 Å². The van der Waals surface area contributed by atoms with E-state index in [2.05, 4.69) is 5.32 Å². The standard InChI is InChI=1S/C19H18N2O3/c1-19(2,18(23)24)16(14-6-4-3-5-7-14)21-17(22)15-10-8-13(12-20)9-11-15/h3-11,16H,1-2H3,(H,21,22)(H,23,24). The maximum absolute atomic E-state index is 12.5. The topological polar surface area (TPSA) is 90.2 Å². The summed E-state index contributed by atoms with van der Waals surface area (Å²) in [6, 6.07) is 16.5.